The molecule has 1 fully saturated rings. The minimum absolute atomic E-state index is 0.0203. The van der Waals surface area contributed by atoms with E-state index in [0.717, 1.165) is 25.8 Å². The van der Waals surface area contributed by atoms with Crippen molar-refractivity contribution in [2.75, 3.05) is 26.0 Å². The number of hydrogen-bond donors (Lipinski definition) is 2. The summed E-state index contributed by atoms with van der Waals surface area (Å²) in [5.74, 6) is 0.477. The first kappa shape index (κ1) is 16.6. The molecule has 1 heterocycles. The number of aliphatic hydroxyl groups is 1. The molecule has 1 saturated heterocycles. The van der Waals surface area contributed by atoms with Gasteiger partial charge in [0.05, 0.1) is 12.1 Å². The number of nitrogens with one attached hydrogen (secondary N) is 1. The zero-order valence-electron chi connectivity index (χ0n) is 12.6. The second kappa shape index (κ2) is 7.39. The summed E-state index contributed by atoms with van der Waals surface area (Å²) in [4.78, 5) is 14.2. The van der Waals surface area contributed by atoms with Crippen LogP contribution in [0.1, 0.15) is 40.0 Å². The Morgan fingerprint density at radius 2 is 2.16 bits per heavy atom. The molecule has 5 heteroatoms. The van der Waals surface area contributed by atoms with Crippen LogP contribution in [0.4, 0.5) is 4.79 Å². The van der Waals surface area contributed by atoms with Gasteiger partial charge in [-0.3, -0.25) is 0 Å². The van der Waals surface area contributed by atoms with Gasteiger partial charge in [0.2, 0.25) is 0 Å². The molecule has 0 bridgehead atoms. The van der Waals surface area contributed by atoms with Gasteiger partial charge in [0.25, 0.3) is 0 Å². The molecular weight excluding hydrogens is 260 g/mol. The number of amides is 2. The van der Waals surface area contributed by atoms with Crippen LogP contribution in [0.15, 0.2) is 0 Å². The van der Waals surface area contributed by atoms with Gasteiger partial charge in [-0.05, 0) is 31.4 Å². The normalized spacial score (nSPS) is 24.8. The van der Waals surface area contributed by atoms with Crippen LogP contribution in [0.25, 0.3) is 0 Å². The Kier molecular flexibility index (Phi) is 6.47. The smallest absolute Gasteiger partial charge is 0.317 e. The van der Waals surface area contributed by atoms with E-state index in [2.05, 4.69) is 26.1 Å². The minimum Gasteiger partial charge on any atom is -0.394 e. The van der Waals surface area contributed by atoms with Crippen molar-refractivity contribution in [3.05, 3.63) is 0 Å². The number of hydrogen-bond acceptors (Lipinski definition) is 3. The van der Waals surface area contributed by atoms with Gasteiger partial charge < -0.3 is 15.3 Å². The van der Waals surface area contributed by atoms with Gasteiger partial charge in [-0.2, -0.15) is 11.8 Å². The molecule has 1 aliphatic rings. The third-order valence-electron chi connectivity index (χ3n) is 3.87. The fourth-order valence-corrected chi connectivity index (χ4v) is 3.12. The SMILES string of the molecule is CS[C@H](C)CNC(=O)N1CCC[C@]1(CO)CC(C)C. The number of nitrogens with zero attached hydrogens (tertiary/aromatic N) is 1. The summed E-state index contributed by atoms with van der Waals surface area (Å²) < 4.78 is 0. The van der Waals surface area contributed by atoms with Crippen molar-refractivity contribution in [1.82, 2.24) is 10.2 Å². The zero-order chi connectivity index (χ0) is 14.5. The average Bonchev–Trinajstić information content (AvgIpc) is 2.78. The molecule has 2 atom stereocenters. The number of aliphatic hydroxyl groups excluding tert-OH is 1. The van der Waals surface area contributed by atoms with Gasteiger partial charge in [0.15, 0.2) is 0 Å². The summed E-state index contributed by atoms with van der Waals surface area (Å²) in [5.41, 5.74) is -0.346. The fourth-order valence-electron chi connectivity index (χ4n) is 2.87. The Bertz CT molecular complexity index is 299. The van der Waals surface area contributed by atoms with E-state index in [9.17, 15) is 9.90 Å². The first-order valence-corrected chi connectivity index (χ1v) is 8.43. The second-order valence-electron chi connectivity index (χ2n) is 5.97. The predicted molar refractivity (Wildman–Crippen MR) is 81.6 cm³/mol. The van der Waals surface area contributed by atoms with Crippen LogP contribution in [0, 0.1) is 5.92 Å². The molecule has 1 rings (SSSR count). The van der Waals surface area contributed by atoms with Gasteiger partial charge in [0.1, 0.15) is 0 Å². The highest BCUT2D eigenvalue weighted by Crippen LogP contribution is 2.34. The molecule has 2 amide bonds. The van der Waals surface area contributed by atoms with Crippen LogP contribution >= 0.6 is 11.8 Å². The molecule has 4 nitrogen and oxygen atoms in total. The van der Waals surface area contributed by atoms with Gasteiger partial charge >= 0.3 is 6.03 Å². The zero-order valence-corrected chi connectivity index (χ0v) is 13.4. The molecule has 0 radical (unpaired) electrons. The quantitative estimate of drug-likeness (QED) is 0.788. The van der Waals surface area contributed by atoms with E-state index < -0.39 is 0 Å². The number of carbonyl (C=O) groups excluding carboxylic acids is 1. The van der Waals surface area contributed by atoms with Crippen LogP contribution in [-0.4, -0.2) is 52.8 Å². The number of rotatable bonds is 6. The number of likely N-dealkylation sites (tertiary alicyclic amines) is 1. The van der Waals surface area contributed by atoms with Crippen molar-refractivity contribution < 1.29 is 9.90 Å². The van der Waals surface area contributed by atoms with Gasteiger partial charge in [-0.1, -0.05) is 20.8 Å². The van der Waals surface area contributed by atoms with E-state index in [0.29, 0.717) is 17.7 Å². The van der Waals surface area contributed by atoms with Gasteiger partial charge in [-0.25, -0.2) is 4.79 Å². The summed E-state index contributed by atoms with van der Waals surface area (Å²) in [6, 6.07) is -0.0203. The molecule has 112 valence electrons. The van der Waals surface area contributed by atoms with Gasteiger partial charge in [-0.15, -0.1) is 0 Å². The topological polar surface area (TPSA) is 52.6 Å². The Morgan fingerprint density at radius 1 is 1.47 bits per heavy atom. The number of thioether (sulfide) groups is 1. The largest absolute Gasteiger partial charge is 0.394 e. The van der Waals surface area contributed by atoms with Crippen LogP contribution in [-0.2, 0) is 0 Å². The Labute approximate surface area is 121 Å². The number of urea groups is 1. The third kappa shape index (κ3) is 4.28. The Hall–Kier alpha value is -0.420. The summed E-state index contributed by atoms with van der Waals surface area (Å²) >= 11 is 1.74. The molecule has 0 aromatic heterocycles. The highest BCUT2D eigenvalue weighted by Gasteiger charge is 2.43. The highest BCUT2D eigenvalue weighted by atomic mass is 32.2. The van der Waals surface area contributed by atoms with Crippen molar-refractivity contribution in [2.24, 2.45) is 5.92 Å². The lowest BCUT2D eigenvalue weighted by Crippen LogP contribution is -2.54. The van der Waals surface area contributed by atoms with E-state index >= 15 is 0 Å². The van der Waals surface area contributed by atoms with Crippen LogP contribution in [0.3, 0.4) is 0 Å². The third-order valence-corrected chi connectivity index (χ3v) is 4.84. The molecule has 0 spiro atoms. The molecule has 2 N–H and O–H groups in total. The van der Waals surface area contributed by atoms with Crippen molar-refractivity contribution in [1.29, 1.82) is 0 Å². The van der Waals surface area contributed by atoms with Gasteiger partial charge in [0, 0.05) is 18.3 Å². The lowest BCUT2D eigenvalue weighted by Gasteiger charge is -2.38. The van der Waals surface area contributed by atoms with E-state index in [-0.39, 0.29) is 18.2 Å². The van der Waals surface area contributed by atoms with Crippen molar-refractivity contribution >= 4 is 17.8 Å². The Morgan fingerprint density at radius 3 is 2.68 bits per heavy atom. The summed E-state index contributed by atoms with van der Waals surface area (Å²) in [6.45, 7) is 7.88. The van der Waals surface area contributed by atoms with E-state index in [1.54, 1.807) is 11.8 Å². The second-order valence-corrected chi connectivity index (χ2v) is 7.24. The summed E-state index contributed by atoms with van der Waals surface area (Å²) in [7, 11) is 0. The molecule has 0 saturated carbocycles. The van der Waals surface area contributed by atoms with Crippen molar-refractivity contribution in [2.45, 2.75) is 50.8 Å². The molecule has 1 aliphatic heterocycles. The maximum absolute atomic E-state index is 12.3. The Balaban J connectivity index is 2.65. The standard InChI is InChI=1S/C14H28N2O2S/c1-11(2)8-14(10-17)6-5-7-16(14)13(18)15-9-12(3)19-4/h11-12,17H,5-10H2,1-4H3,(H,15,18)/t12-,14-/m1/s1. The summed E-state index contributed by atoms with van der Waals surface area (Å²) in [6.07, 6.45) is 4.81. The predicted octanol–water partition coefficient (Wildman–Crippen LogP) is 2.32. The lowest BCUT2D eigenvalue weighted by atomic mass is 9.87. The van der Waals surface area contributed by atoms with Crippen molar-refractivity contribution in [3.63, 3.8) is 0 Å². The molecule has 0 unspecified atom stereocenters. The molecule has 19 heavy (non-hydrogen) atoms. The first-order chi connectivity index (χ1) is 8.95. The van der Waals surface area contributed by atoms with Crippen LogP contribution in [0.5, 0.6) is 0 Å². The average molecular weight is 288 g/mol. The van der Waals surface area contributed by atoms with E-state index in [1.165, 1.54) is 0 Å². The minimum atomic E-state index is -0.346. The molecule has 0 aromatic rings. The maximum Gasteiger partial charge on any atom is 0.317 e. The molecule has 0 aliphatic carbocycles. The van der Waals surface area contributed by atoms with E-state index in [1.807, 2.05) is 11.2 Å². The first-order valence-electron chi connectivity index (χ1n) is 7.14. The van der Waals surface area contributed by atoms with Crippen LogP contribution < -0.4 is 5.32 Å². The highest BCUT2D eigenvalue weighted by molar-refractivity contribution is 7.99. The van der Waals surface area contributed by atoms with Crippen LogP contribution in [0.2, 0.25) is 0 Å². The monoisotopic (exact) mass is 288 g/mol. The maximum atomic E-state index is 12.3. The number of carbonyl (C=O) groups is 1. The van der Waals surface area contributed by atoms with Crippen molar-refractivity contribution in [3.8, 4) is 0 Å². The van der Waals surface area contributed by atoms with E-state index in [4.69, 9.17) is 0 Å². The lowest BCUT2D eigenvalue weighted by molar-refractivity contribution is 0.0678. The summed E-state index contributed by atoms with van der Waals surface area (Å²) in [5, 5.41) is 13.2. The molecular formula is C14H28N2O2S. The fraction of sp³-hybridized carbons (Fsp3) is 0.929. The molecule has 0 aromatic carbocycles.